The van der Waals surface area contributed by atoms with Crippen LogP contribution in [0.1, 0.15) is 40.0 Å². The summed E-state index contributed by atoms with van der Waals surface area (Å²) in [5.41, 5.74) is 0.295. The second-order valence-electron chi connectivity index (χ2n) is 6.62. The normalized spacial score (nSPS) is 25.4. The standard InChI is InChI=1S/C16H34N2OS/c1-6-15(10-20-5)18(4)12-16(11-17-14(2)3)8-7-9-19-13-16/h14-15,17H,6-13H2,1-5H3. The molecule has 2 atom stereocenters. The molecule has 3 nitrogen and oxygen atoms in total. The maximum atomic E-state index is 5.82. The Hall–Kier alpha value is 0.230. The number of rotatable bonds is 9. The van der Waals surface area contributed by atoms with Crippen molar-refractivity contribution in [2.45, 2.75) is 52.1 Å². The molecule has 0 amide bonds. The first kappa shape index (κ1) is 18.3. The number of hydrogen-bond acceptors (Lipinski definition) is 4. The third-order valence-electron chi connectivity index (χ3n) is 4.33. The second-order valence-corrected chi connectivity index (χ2v) is 7.53. The molecule has 0 saturated carbocycles. The van der Waals surface area contributed by atoms with Crippen LogP contribution in [0.4, 0.5) is 0 Å². The van der Waals surface area contributed by atoms with Gasteiger partial charge in [0.15, 0.2) is 0 Å². The van der Waals surface area contributed by atoms with Crippen molar-refractivity contribution in [3.05, 3.63) is 0 Å². The van der Waals surface area contributed by atoms with Crippen molar-refractivity contribution < 1.29 is 4.74 Å². The molecule has 2 unspecified atom stereocenters. The summed E-state index contributed by atoms with van der Waals surface area (Å²) in [6, 6.07) is 1.23. The lowest BCUT2D eigenvalue weighted by molar-refractivity contribution is -0.0280. The molecule has 0 spiro atoms. The highest BCUT2D eigenvalue weighted by Crippen LogP contribution is 2.30. The molecule has 1 aliphatic heterocycles. The van der Waals surface area contributed by atoms with E-state index < -0.39 is 0 Å². The van der Waals surface area contributed by atoms with Gasteiger partial charge in [-0.3, -0.25) is 0 Å². The minimum atomic E-state index is 0.295. The van der Waals surface area contributed by atoms with Crippen LogP contribution in [-0.4, -0.2) is 62.3 Å². The lowest BCUT2D eigenvalue weighted by Gasteiger charge is -2.42. The SMILES string of the molecule is CCC(CSC)N(C)CC1(CNC(C)C)CCCOC1. The van der Waals surface area contributed by atoms with E-state index >= 15 is 0 Å². The van der Waals surface area contributed by atoms with Gasteiger partial charge in [0.05, 0.1) is 6.61 Å². The number of ether oxygens (including phenoxy) is 1. The van der Waals surface area contributed by atoms with Crippen LogP contribution < -0.4 is 5.32 Å². The van der Waals surface area contributed by atoms with E-state index in [0.29, 0.717) is 17.5 Å². The van der Waals surface area contributed by atoms with Gasteiger partial charge < -0.3 is 15.0 Å². The zero-order chi connectivity index (χ0) is 15.0. The topological polar surface area (TPSA) is 24.5 Å². The van der Waals surface area contributed by atoms with Gasteiger partial charge in [-0.25, -0.2) is 0 Å². The fourth-order valence-corrected chi connectivity index (χ4v) is 3.93. The largest absolute Gasteiger partial charge is 0.381 e. The smallest absolute Gasteiger partial charge is 0.0546 e. The average molecular weight is 303 g/mol. The monoisotopic (exact) mass is 302 g/mol. The number of hydrogen-bond donors (Lipinski definition) is 1. The maximum Gasteiger partial charge on any atom is 0.0546 e. The Balaban J connectivity index is 2.62. The van der Waals surface area contributed by atoms with Crippen molar-refractivity contribution in [3.63, 3.8) is 0 Å². The van der Waals surface area contributed by atoms with Gasteiger partial charge in [-0.2, -0.15) is 11.8 Å². The summed E-state index contributed by atoms with van der Waals surface area (Å²) in [5.74, 6) is 1.22. The Kier molecular flexibility index (Phi) is 8.49. The van der Waals surface area contributed by atoms with Crippen LogP contribution in [0, 0.1) is 5.41 Å². The third kappa shape index (κ3) is 5.92. The highest BCUT2D eigenvalue weighted by atomic mass is 32.2. The van der Waals surface area contributed by atoms with Crippen molar-refractivity contribution in [3.8, 4) is 0 Å². The van der Waals surface area contributed by atoms with Crippen molar-refractivity contribution in [2.24, 2.45) is 5.41 Å². The molecule has 0 aromatic rings. The van der Waals surface area contributed by atoms with Gasteiger partial charge in [0.2, 0.25) is 0 Å². The van der Waals surface area contributed by atoms with Crippen LogP contribution in [0.15, 0.2) is 0 Å². The summed E-state index contributed by atoms with van der Waals surface area (Å²) in [4.78, 5) is 2.56. The van der Waals surface area contributed by atoms with Gasteiger partial charge >= 0.3 is 0 Å². The fourth-order valence-electron chi connectivity index (χ4n) is 3.06. The van der Waals surface area contributed by atoms with E-state index in [1.165, 1.54) is 25.0 Å². The molecule has 20 heavy (non-hydrogen) atoms. The number of nitrogens with one attached hydrogen (secondary N) is 1. The van der Waals surface area contributed by atoms with Gasteiger partial charge in [0, 0.05) is 42.9 Å². The molecule has 0 bridgehead atoms. The molecular weight excluding hydrogens is 268 g/mol. The summed E-state index contributed by atoms with van der Waals surface area (Å²) in [7, 11) is 2.29. The highest BCUT2D eigenvalue weighted by Gasteiger charge is 2.35. The molecule has 0 aliphatic carbocycles. The molecule has 1 N–H and O–H groups in total. The molecule has 0 aromatic carbocycles. The van der Waals surface area contributed by atoms with E-state index in [4.69, 9.17) is 4.74 Å². The maximum absolute atomic E-state index is 5.82. The quantitative estimate of drug-likeness (QED) is 0.708. The number of thioether (sulfide) groups is 1. The summed E-state index contributed by atoms with van der Waals surface area (Å²) < 4.78 is 5.82. The van der Waals surface area contributed by atoms with Gasteiger partial charge in [0.1, 0.15) is 0 Å². The summed E-state index contributed by atoms with van der Waals surface area (Å²) in [6.45, 7) is 10.8. The van der Waals surface area contributed by atoms with E-state index in [-0.39, 0.29) is 0 Å². The Morgan fingerprint density at radius 2 is 2.15 bits per heavy atom. The van der Waals surface area contributed by atoms with Crippen LogP contribution in [0.5, 0.6) is 0 Å². The van der Waals surface area contributed by atoms with Crippen LogP contribution in [0.25, 0.3) is 0 Å². The number of nitrogens with zero attached hydrogens (tertiary/aromatic N) is 1. The first-order valence-corrected chi connectivity index (χ1v) is 9.42. The highest BCUT2D eigenvalue weighted by molar-refractivity contribution is 7.98. The molecule has 1 heterocycles. The molecule has 4 heteroatoms. The predicted octanol–water partition coefficient (Wildman–Crippen LogP) is 2.85. The van der Waals surface area contributed by atoms with Gasteiger partial charge in [-0.1, -0.05) is 20.8 Å². The molecule has 0 aromatic heterocycles. The van der Waals surface area contributed by atoms with E-state index in [1.807, 2.05) is 11.8 Å². The van der Waals surface area contributed by atoms with Crippen molar-refractivity contribution in [2.75, 3.05) is 45.4 Å². The molecule has 0 radical (unpaired) electrons. The first-order chi connectivity index (χ1) is 9.53. The molecule has 1 rings (SSSR count). The average Bonchev–Trinajstić information content (AvgIpc) is 2.43. The minimum Gasteiger partial charge on any atom is -0.381 e. The minimum absolute atomic E-state index is 0.295. The van der Waals surface area contributed by atoms with Crippen molar-refractivity contribution in [1.82, 2.24) is 10.2 Å². The second kappa shape index (κ2) is 9.29. The third-order valence-corrected chi connectivity index (χ3v) is 5.05. The van der Waals surface area contributed by atoms with Crippen molar-refractivity contribution >= 4 is 11.8 Å². The van der Waals surface area contributed by atoms with Crippen LogP contribution in [-0.2, 0) is 4.74 Å². The summed E-state index contributed by atoms with van der Waals surface area (Å²) >= 11 is 1.95. The molecule has 1 aliphatic rings. The van der Waals surface area contributed by atoms with E-state index in [2.05, 4.69) is 44.3 Å². The van der Waals surface area contributed by atoms with Gasteiger partial charge in [-0.05, 0) is 32.6 Å². The van der Waals surface area contributed by atoms with Crippen LogP contribution >= 0.6 is 11.8 Å². The zero-order valence-corrected chi connectivity index (χ0v) is 14.9. The molecule has 1 fully saturated rings. The van der Waals surface area contributed by atoms with E-state index in [0.717, 1.165) is 26.3 Å². The first-order valence-electron chi connectivity index (χ1n) is 8.03. The Morgan fingerprint density at radius 1 is 1.40 bits per heavy atom. The fraction of sp³-hybridized carbons (Fsp3) is 1.00. The summed E-state index contributed by atoms with van der Waals surface area (Å²) in [5, 5.41) is 3.64. The van der Waals surface area contributed by atoms with E-state index in [1.54, 1.807) is 0 Å². The molecular formula is C16H34N2OS. The van der Waals surface area contributed by atoms with Crippen molar-refractivity contribution in [1.29, 1.82) is 0 Å². The van der Waals surface area contributed by atoms with E-state index in [9.17, 15) is 0 Å². The lowest BCUT2D eigenvalue weighted by atomic mass is 9.81. The Morgan fingerprint density at radius 3 is 2.65 bits per heavy atom. The zero-order valence-electron chi connectivity index (χ0n) is 14.1. The lowest BCUT2D eigenvalue weighted by Crippen LogP contribution is -2.51. The summed E-state index contributed by atoms with van der Waals surface area (Å²) in [6.07, 6.45) is 5.92. The van der Waals surface area contributed by atoms with Crippen LogP contribution in [0.2, 0.25) is 0 Å². The Bertz CT molecular complexity index is 255. The molecule has 1 saturated heterocycles. The van der Waals surface area contributed by atoms with Crippen LogP contribution in [0.3, 0.4) is 0 Å². The van der Waals surface area contributed by atoms with Gasteiger partial charge in [-0.15, -0.1) is 0 Å². The predicted molar refractivity (Wildman–Crippen MR) is 90.7 cm³/mol. The molecule has 120 valence electrons. The van der Waals surface area contributed by atoms with Gasteiger partial charge in [0.25, 0.3) is 0 Å². The Labute approximate surface area is 130 Å².